The fourth-order valence-corrected chi connectivity index (χ4v) is 3.22. The van der Waals surface area contributed by atoms with E-state index in [4.69, 9.17) is 10.3 Å². The third-order valence-corrected chi connectivity index (χ3v) is 4.49. The molecule has 0 bridgehead atoms. The molecule has 4 rings (SSSR count). The van der Waals surface area contributed by atoms with E-state index < -0.39 is 11.8 Å². The summed E-state index contributed by atoms with van der Waals surface area (Å²) in [5.74, 6) is 0.269. The zero-order valence-corrected chi connectivity index (χ0v) is 14.0. The van der Waals surface area contributed by atoms with Crippen LogP contribution in [0, 0.1) is 6.92 Å². The van der Waals surface area contributed by atoms with Crippen molar-refractivity contribution in [1.29, 1.82) is 0 Å². The molecule has 0 fully saturated rings. The Bertz CT molecular complexity index is 1010. The number of amides is 1. The maximum absolute atomic E-state index is 12.9. The van der Waals surface area contributed by atoms with E-state index in [0.717, 1.165) is 16.7 Å². The first-order chi connectivity index (χ1) is 12.5. The van der Waals surface area contributed by atoms with Gasteiger partial charge in [-0.15, -0.1) is 0 Å². The molecule has 1 amide bonds. The average Bonchev–Trinajstić information content (AvgIpc) is 3.27. The van der Waals surface area contributed by atoms with Crippen molar-refractivity contribution in [2.75, 3.05) is 11.9 Å². The van der Waals surface area contributed by atoms with E-state index in [1.54, 1.807) is 31.3 Å². The van der Waals surface area contributed by atoms with Crippen LogP contribution in [-0.4, -0.2) is 28.4 Å². The molecule has 1 aliphatic heterocycles. The Morgan fingerprint density at radius 3 is 2.65 bits per heavy atom. The number of aryl methyl sites for hydroxylation is 1. The van der Waals surface area contributed by atoms with Gasteiger partial charge in [0.1, 0.15) is 11.6 Å². The largest absolute Gasteiger partial charge is 0.369 e. The van der Waals surface area contributed by atoms with Crippen LogP contribution in [0.15, 0.2) is 47.1 Å². The Morgan fingerprint density at radius 2 is 2.00 bits per heavy atom. The molecule has 26 heavy (non-hydrogen) atoms. The summed E-state index contributed by atoms with van der Waals surface area (Å²) < 4.78 is 5.03. The lowest BCUT2D eigenvalue weighted by Crippen LogP contribution is -2.15. The lowest BCUT2D eigenvalue weighted by atomic mass is 9.89. The minimum Gasteiger partial charge on any atom is -0.369 e. The molecule has 0 spiro atoms. The molecular formula is C19H16N4O3. The Morgan fingerprint density at radius 1 is 1.23 bits per heavy atom. The molecular weight excluding hydrogens is 332 g/mol. The molecule has 1 aromatic carbocycles. The summed E-state index contributed by atoms with van der Waals surface area (Å²) in [5, 5.41) is 7.03. The lowest BCUT2D eigenvalue weighted by molar-refractivity contribution is 0.0956. The van der Waals surface area contributed by atoms with Crippen molar-refractivity contribution < 1.29 is 14.1 Å². The molecule has 3 aromatic rings. The zero-order valence-electron chi connectivity index (χ0n) is 14.0. The molecule has 0 saturated heterocycles. The van der Waals surface area contributed by atoms with Crippen LogP contribution in [0.25, 0.3) is 11.1 Å². The van der Waals surface area contributed by atoms with E-state index in [9.17, 15) is 9.59 Å². The first-order valence-electron chi connectivity index (χ1n) is 8.15. The summed E-state index contributed by atoms with van der Waals surface area (Å²) in [5.41, 5.74) is 8.63. The quantitative estimate of drug-likeness (QED) is 0.701. The van der Waals surface area contributed by atoms with Crippen LogP contribution in [0.3, 0.4) is 0 Å². The fraction of sp³-hybridized carbons (Fsp3) is 0.158. The van der Waals surface area contributed by atoms with Gasteiger partial charge in [0.25, 0.3) is 0 Å². The van der Waals surface area contributed by atoms with Gasteiger partial charge in [0.15, 0.2) is 11.5 Å². The number of carbonyl (C=O) groups is 2. The number of hydrogen-bond acceptors (Lipinski definition) is 6. The van der Waals surface area contributed by atoms with E-state index in [1.165, 1.54) is 0 Å². The topological polar surface area (TPSA) is 111 Å². The van der Waals surface area contributed by atoms with Crippen LogP contribution in [0.2, 0.25) is 0 Å². The normalized spacial score (nSPS) is 15.3. The standard InChI is InChI=1S/C19H16N4O3/c1-10-8-15(23-26-10)17(24)14-9-22-19-16(14)13(6-7-21-19)11-2-4-12(5-3-11)18(20)25/h2-8,14H,9H2,1H3,(H2,20,25)(H,21,22). The van der Waals surface area contributed by atoms with Crippen LogP contribution in [0.1, 0.15) is 38.1 Å². The van der Waals surface area contributed by atoms with Gasteiger partial charge in [-0.05, 0) is 36.2 Å². The predicted molar refractivity (Wildman–Crippen MR) is 95.0 cm³/mol. The second-order valence-electron chi connectivity index (χ2n) is 6.18. The Kier molecular flexibility index (Phi) is 3.76. The van der Waals surface area contributed by atoms with Gasteiger partial charge in [-0.3, -0.25) is 9.59 Å². The summed E-state index contributed by atoms with van der Waals surface area (Å²) in [7, 11) is 0. The molecule has 130 valence electrons. The number of nitrogens with two attached hydrogens (primary N) is 1. The number of nitrogens with zero attached hydrogens (tertiary/aromatic N) is 2. The summed E-state index contributed by atoms with van der Waals surface area (Å²) in [6.07, 6.45) is 1.69. The third-order valence-electron chi connectivity index (χ3n) is 4.49. The number of carbonyl (C=O) groups excluding carboxylic acids is 2. The Balaban J connectivity index is 1.76. The second-order valence-corrected chi connectivity index (χ2v) is 6.18. The number of nitrogens with one attached hydrogen (secondary N) is 1. The summed E-state index contributed by atoms with van der Waals surface area (Å²) in [4.78, 5) is 28.5. The molecule has 1 aliphatic rings. The van der Waals surface area contributed by atoms with Crippen molar-refractivity contribution in [2.24, 2.45) is 5.73 Å². The molecule has 7 nitrogen and oxygen atoms in total. The van der Waals surface area contributed by atoms with Crippen molar-refractivity contribution in [1.82, 2.24) is 10.1 Å². The molecule has 2 aromatic heterocycles. The Hall–Kier alpha value is -3.48. The molecule has 1 atom stereocenters. The molecule has 3 N–H and O–H groups in total. The van der Waals surface area contributed by atoms with Gasteiger partial charge in [-0.2, -0.15) is 0 Å². The van der Waals surface area contributed by atoms with Gasteiger partial charge < -0.3 is 15.6 Å². The average molecular weight is 348 g/mol. The lowest BCUT2D eigenvalue weighted by Gasteiger charge is -2.12. The van der Waals surface area contributed by atoms with Crippen LogP contribution in [-0.2, 0) is 0 Å². The number of pyridine rings is 1. The van der Waals surface area contributed by atoms with Crippen molar-refractivity contribution >= 4 is 17.5 Å². The van der Waals surface area contributed by atoms with Gasteiger partial charge in [0, 0.05) is 29.9 Å². The van der Waals surface area contributed by atoms with Crippen LogP contribution >= 0.6 is 0 Å². The minimum atomic E-state index is -0.479. The summed E-state index contributed by atoms with van der Waals surface area (Å²) in [6, 6.07) is 10.5. The summed E-state index contributed by atoms with van der Waals surface area (Å²) >= 11 is 0. The number of Topliss-reactive ketones (excluding diaryl/α,β-unsaturated/α-hetero) is 1. The number of primary amides is 1. The van der Waals surface area contributed by atoms with E-state index in [1.807, 2.05) is 18.2 Å². The van der Waals surface area contributed by atoms with Crippen molar-refractivity contribution in [3.63, 3.8) is 0 Å². The fourth-order valence-electron chi connectivity index (χ4n) is 3.22. The van der Waals surface area contributed by atoms with Crippen molar-refractivity contribution in [2.45, 2.75) is 12.8 Å². The van der Waals surface area contributed by atoms with Gasteiger partial charge >= 0.3 is 0 Å². The SMILES string of the molecule is Cc1cc(C(=O)C2CNc3nccc(-c4ccc(C(N)=O)cc4)c32)no1. The molecule has 3 heterocycles. The first-order valence-corrected chi connectivity index (χ1v) is 8.15. The van der Waals surface area contributed by atoms with Crippen LogP contribution in [0.5, 0.6) is 0 Å². The highest BCUT2D eigenvalue weighted by Crippen LogP contribution is 2.39. The van der Waals surface area contributed by atoms with Gasteiger partial charge in [-0.1, -0.05) is 17.3 Å². The van der Waals surface area contributed by atoms with Crippen LogP contribution in [0.4, 0.5) is 5.82 Å². The number of benzene rings is 1. The minimum absolute atomic E-state index is 0.115. The van der Waals surface area contributed by atoms with E-state index in [2.05, 4.69) is 15.5 Å². The molecule has 7 heteroatoms. The highest BCUT2D eigenvalue weighted by atomic mass is 16.5. The van der Waals surface area contributed by atoms with Gasteiger partial charge in [-0.25, -0.2) is 4.98 Å². The van der Waals surface area contributed by atoms with Gasteiger partial charge in [0.2, 0.25) is 5.91 Å². The number of aromatic nitrogens is 2. The highest BCUT2D eigenvalue weighted by Gasteiger charge is 2.34. The predicted octanol–water partition coefficient (Wildman–Crippen LogP) is 2.54. The maximum atomic E-state index is 12.9. The van der Waals surface area contributed by atoms with Crippen molar-refractivity contribution in [3.05, 3.63) is 65.2 Å². The first kappa shape index (κ1) is 16.0. The number of rotatable bonds is 4. The number of hydrogen-bond donors (Lipinski definition) is 2. The number of fused-ring (bicyclic) bond motifs is 1. The molecule has 0 saturated carbocycles. The van der Waals surface area contributed by atoms with E-state index in [-0.39, 0.29) is 5.78 Å². The zero-order chi connectivity index (χ0) is 18.3. The number of anilines is 1. The molecule has 0 radical (unpaired) electrons. The van der Waals surface area contributed by atoms with Gasteiger partial charge in [0.05, 0.1) is 5.92 Å². The smallest absolute Gasteiger partial charge is 0.248 e. The second kappa shape index (κ2) is 6.11. The maximum Gasteiger partial charge on any atom is 0.248 e. The van der Waals surface area contributed by atoms with E-state index in [0.29, 0.717) is 29.4 Å². The van der Waals surface area contributed by atoms with E-state index >= 15 is 0 Å². The molecule has 1 unspecified atom stereocenters. The third kappa shape index (κ3) is 2.63. The highest BCUT2D eigenvalue weighted by molar-refractivity contribution is 6.03. The number of ketones is 1. The monoisotopic (exact) mass is 348 g/mol. The van der Waals surface area contributed by atoms with Crippen molar-refractivity contribution in [3.8, 4) is 11.1 Å². The molecule has 0 aliphatic carbocycles. The van der Waals surface area contributed by atoms with Crippen LogP contribution < -0.4 is 11.1 Å². The Labute approximate surface area is 149 Å². The summed E-state index contributed by atoms with van der Waals surface area (Å²) in [6.45, 7) is 2.20.